The molecule has 23 nitrogen and oxygen atoms in total. The Morgan fingerprint density at radius 3 is 0.825 bits per heavy atom. The van der Waals surface area contributed by atoms with Crippen LogP contribution in [0.25, 0.3) is 0 Å². The van der Waals surface area contributed by atoms with Crippen molar-refractivity contribution in [2.24, 2.45) is 0 Å². The molecule has 4 rings (SSSR count). The van der Waals surface area contributed by atoms with Crippen molar-refractivity contribution in [2.75, 3.05) is 81.2 Å². The molecule has 0 unspecified atom stereocenters. The van der Waals surface area contributed by atoms with Gasteiger partial charge in [0.05, 0.1) is 35.5 Å². The Morgan fingerprint density at radius 1 is 0.375 bits per heavy atom. The molecule has 4 aromatic rings. The summed E-state index contributed by atoms with van der Waals surface area (Å²) >= 11 is 0. The fourth-order valence-electron chi connectivity index (χ4n) is 5.05. The van der Waals surface area contributed by atoms with E-state index in [1.807, 2.05) is 0 Å². The smallest absolute Gasteiger partial charge is 0.411 e. The minimum absolute atomic E-state index is 0. The number of aliphatic hydroxyl groups excluding tert-OH is 2. The molecule has 0 aliphatic carbocycles. The van der Waals surface area contributed by atoms with Gasteiger partial charge < -0.3 is 59.5 Å². The van der Waals surface area contributed by atoms with Crippen LogP contribution < -0.4 is 21.3 Å². The number of carboxylic acids is 2. The van der Waals surface area contributed by atoms with Crippen molar-refractivity contribution in [3.8, 4) is 0 Å². The van der Waals surface area contributed by atoms with Crippen LogP contribution in [0.15, 0.2) is 97.1 Å². The molecule has 80 heavy (non-hydrogen) atoms. The minimum Gasteiger partial charge on any atom is -0.481 e. The summed E-state index contributed by atoms with van der Waals surface area (Å²) < 4.78 is 29.5. The molecule has 1 radical (unpaired) electrons. The van der Waals surface area contributed by atoms with Crippen LogP contribution >= 0.6 is 0 Å². The molecule has 0 aliphatic heterocycles. The van der Waals surface area contributed by atoms with E-state index in [2.05, 4.69) is 30.7 Å². The number of carbonyl (C=O) groups excluding carboxylic acids is 7. The zero-order chi connectivity index (χ0) is 51.7. The summed E-state index contributed by atoms with van der Waals surface area (Å²) in [5.41, 5.74) is 3.46. The zero-order valence-electron chi connectivity index (χ0n) is 38.6. The summed E-state index contributed by atoms with van der Waals surface area (Å²) in [6.07, 6.45) is -0.420. The van der Waals surface area contributed by atoms with E-state index in [-0.39, 0.29) is 168 Å². The van der Waals surface area contributed by atoms with Gasteiger partial charge in [-0.3, -0.25) is 25.0 Å². The molecule has 0 spiro atoms. The van der Waals surface area contributed by atoms with E-state index in [9.17, 15) is 43.2 Å². The quantitative estimate of drug-likeness (QED) is 0.0194. The maximum Gasteiger partial charge on any atom is 0.411 e. The van der Waals surface area contributed by atoms with Crippen LogP contribution in [0.2, 0.25) is 0 Å². The van der Waals surface area contributed by atoms with Crippen LogP contribution in [-0.2, 0) is 61.4 Å². The maximum atomic E-state index is 12.0. The molecule has 0 atom stereocenters. The van der Waals surface area contributed by atoms with E-state index in [0.29, 0.717) is 41.0 Å². The first kappa shape index (κ1) is 91.5. The first-order valence-electron chi connectivity index (χ1n) is 21.1. The van der Waals surface area contributed by atoms with Gasteiger partial charge in [0.1, 0.15) is 39.6 Å². The monoisotopic (exact) mass is 1170 g/mol. The molecule has 0 saturated heterocycles. The summed E-state index contributed by atoms with van der Waals surface area (Å²) in [5.74, 6) is -4.26. The topological polar surface area (TPSA) is 338 Å². The van der Waals surface area contributed by atoms with Gasteiger partial charge in [-0.05, 0) is 110 Å². The summed E-state index contributed by atoms with van der Waals surface area (Å²) in [6.45, 7) is 0.170. The van der Waals surface area contributed by atoms with E-state index in [1.165, 1.54) is 67.6 Å². The number of esters is 4. The molecule has 8 N–H and O–H groups in total. The molecular formula is C56H90N4O19V. The Bertz CT molecular complexity index is 2300. The largest absolute Gasteiger partial charge is 0.481 e. The molecule has 0 aliphatic rings. The molecule has 453 valence electrons. The second-order valence-corrected chi connectivity index (χ2v) is 13.7. The second kappa shape index (κ2) is 53.0. The Hall–Kier alpha value is -7.99. The Balaban J connectivity index is -0.000000139. The summed E-state index contributed by atoms with van der Waals surface area (Å²) in [4.78, 5) is 101. The van der Waals surface area contributed by atoms with Crippen LogP contribution in [0, 0.1) is 0 Å². The fourth-order valence-corrected chi connectivity index (χ4v) is 5.05. The molecule has 24 heteroatoms. The van der Waals surface area contributed by atoms with Crippen molar-refractivity contribution in [1.29, 1.82) is 0 Å². The number of aliphatic hydroxyl groups is 2. The van der Waals surface area contributed by atoms with Gasteiger partial charge >= 0.3 is 48.0 Å². The van der Waals surface area contributed by atoms with Crippen LogP contribution in [0.4, 0.5) is 32.3 Å². The standard InChI is InChI=1S/C21H22N2O8.C20H22N2O7.C6H10O4.9CH4.V/c1-14(25)22-17-6-2-15(3-7-17)19(26)29-12-13-30-20(27)16-4-8-18(9-5-16)23-21(28)31-11-10-24;1-21-16-6-2-14(3-7-16)18(24)27-12-13-28-19(25)15-4-8-17(9-5-15)22-20(26)29-11-10-23;7-5(8)3-1-2-4-6(9)10;;;;;;;;;;/h2-9,24H,10-13H2,1H3,(H,22,25)(H,23,28);2-9,21,23H,10-13H2,1H3,(H,22,26);1-4H2,(H,7,8)(H,9,10);9*1H4;. The van der Waals surface area contributed by atoms with E-state index in [0.717, 1.165) is 5.69 Å². The number of unbranched alkanes of at least 4 members (excludes halogenated alkanes) is 1. The van der Waals surface area contributed by atoms with Crippen molar-refractivity contribution in [3.63, 3.8) is 0 Å². The molecule has 4 aromatic carbocycles. The summed E-state index contributed by atoms with van der Waals surface area (Å²) in [7, 11) is 1.78. The van der Waals surface area contributed by atoms with Crippen molar-refractivity contribution in [2.45, 2.75) is 99.4 Å². The summed E-state index contributed by atoms with van der Waals surface area (Å²) in [5, 5.41) is 43.9. The Morgan fingerprint density at radius 2 is 0.613 bits per heavy atom. The molecule has 0 fully saturated rings. The van der Waals surface area contributed by atoms with Crippen LogP contribution in [0.5, 0.6) is 0 Å². The van der Waals surface area contributed by atoms with E-state index in [1.54, 1.807) is 43.4 Å². The third-order valence-corrected chi connectivity index (χ3v) is 8.36. The number of carboxylic acid groups (broad SMARTS) is 2. The van der Waals surface area contributed by atoms with E-state index < -0.39 is 48.0 Å². The third-order valence-electron chi connectivity index (χ3n) is 8.36. The average molecular weight is 1170 g/mol. The van der Waals surface area contributed by atoms with Gasteiger partial charge in [-0.2, -0.15) is 0 Å². The number of ether oxygens (including phenoxy) is 6. The molecule has 0 saturated carbocycles. The van der Waals surface area contributed by atoms with Gasteiger partial charge in [-0.15, -0.1) is 0 Å². The number of amides is 3. The number of nitrogens with one attached hydrogen (secondary N) is 4. The number of hydrogen-bond acceptors (Lipinski definition) is 18. The van der Waals surface area contributed by atoms with E-state index in [4.69, 9.17) is 39.4 Å². The predicted molar refractivity (Wildman–Crippen MR) is 309 cm³/mol. The Labute approximate surface area is 485 Å². The van der Waals surface area contributed by atoms with Crippen LogP contribution in [-0.4, -0.2) is 134 Å². The number of rotatable bonds is 23. The second-order valence-electron chi connectivity index (χ2n) is 13.7. The fraction of sp³-hybridized carbons (Fsp3) is 0.411. The van der Waals surface area contributed by atoms with Gasteiger partial charge in [0.15, 0.2) is 0 Å². The van der Waals surface area contributed by atoms with Crippen LogP contribution in [0.1, 0.15) is 141 Å². The van der Waals surface area contributed by atoms with Crippen molar-refractivity contribution >= 4 is 76.7 Å². The van der Waals surface area contributed by atoms with Crippen molar-refractivity contribution in [3.05, 3.63) is 119 Å². The third kappa shape index (κ3) is 40.3. The summed E-state index contributed by atoms with van der Waals surface area (Å²) in [6, 6.07) is 24.8. The predicted octanol–water partition coefficient (Wildman–Crippen LogP) is 10.9. The number of aliphatic carboxylic acids is 2. The van der Waals surface area contributed by atoms with Gasteiger partial charge in [-0.1, -0.05) is 66.8 Å². The number of benzene rings is 4. The number of hydrogen-bond donors (Lipinski definition) is 8. The minimum atomic E-state index is -0.870. The number of carbonyl (C=O) groups is 9. The van der Waals surface area contributed by atoms with E-state index >= 15 is 0 Å². The Kier molecular flexibility index (Phi) is 60.6. The van der Waals surface area contributed by atoms with Crippen molar-refractivity contribution in [1.82, 2.24) is 0 Å². The first-order valence-corrected chi connectivity index (χ1v) is 21.1. The molecule has 0 aromatic heterocycles. The molecule has 0 bridgehead atoms. The normalized spacial score (nSPS) is 8.65. The molecule has 3 amide bonds. The number of anilines is 4. The van der Waals surface area contributed by atoms with Gasteiger partial charge in [0.2, 0.25) is 5.91 Å². The van der Waals surface area contributed by atoms with Gasteiger partial charge in [0.25, 0.3) is 0 Å². The molecule has 0 heterocycles. The SMILES string of the molecule is C.C.C.C.C.C.C.C.C.CC(=O)Nc1ccc(C(=O)OCCOC(=O)c2ccc(NC(=O)OCCO)cc2)cc1.CNc1ccc(C(=O)OCCOC(=O)c2ccc(NC(=O)OCCO)cc2)cc1.O=C(O)CCCCC(=O)O.[V]. The average Bonchev–Trinajstić information content (AvgIpc) is 3.34. The van der Waals surface area contributed by atoms with Gasteiger partial charge in [-0.25, -0.2) is 28.8 Å². The zero-order valence-corrected chi connectivity index (χ0v) is 40.0. The molecular weight excluding hydrogens is 1080 g/mol. The van der Waals surface area contributed by atoms with Crippen molar-refractivity contribution < 1.29 is 111 Å². The first-order chi connectivity index (χ1) is 33.5. The van der Waals surface area contributed by atoms with Crippen LogP contribution in [0.3, 0.4) is 0 Å². The maximum absolute atomic E-state index is 12.0. The van der Waals surface area contributed by atoms with Gasteiger partial charge in [0, 0.05) is 68.1 Å².